The maximum Gasteiger partial charge on any atom is 0.255 e. The topological polar surface area (TPSA) is 115 Å². The van der Waals surface area contributed by atoms with Gasteiger partial charge in [0.05, 0.1) is 0 Å². The number of hydrogen-bond acceptors (Lipinski definition) is 4. The molecule has 140 valence electrons. The average molecular weight is 367 g/mol. The second-order valence-electron chi connectivity index (χ2n) is 7.55. The van der Waals surface area contributed by atoms with Gasteiger partial charge in [-0.05, 0) is 60.2 Å². The van der Waals surface area contributed by atoms with Crippen LogP contribution in [0.2, 0.25) is 0 Å². The van der Waals surface area contributed by atoms with Gasteiger partial charge in [-0.2, -0.15) is 0 Å². The number of benzene rings is 1. The molecular formula is C19H21N5O3. The fraction of sp³-hybridized carbons (Fsp3) is 0.526. The summed E-state index contributed by atoms with van der Waals surface area (Å²) in [4.78, 5) is 40.8. The first-order valence-corrected chi connectivity index (χ1v) is 9.35. The van der Waals surface area contributed by atoms with Crippen molar-refractivity contribution in [2.75, 3.05) is 6.54 Å². The number of piperidine rings is 1. The molecule has 1 saturated carbocycles. The van der Waals surface area contributed by atoms with Crippen LogP contribution in [0.4, 0.5) is 0 Å². The Bertz CT molecular complexity index is 855. The fourth-order valence-corrected chi connectivity index (χ4v) is 4.50. The van der Waals surface area contributed by atoms with Gasteiger partial charge in [-0.15, -0.1) is 0 Å². The summed E-state index contributed by atoms with van der Waals surface area (Å²) >= 11 is 0. The Balaban J connectivity index is 1.48. The first-order chi connectivity index (χ1) is 13.1. The lowest BCUT2D eigenvalue weighted by Crippen LogP contribution is -2.52. The van der Waals surface area contributed by atoms with Crippen LogP contribution in [-0.4, -0.2) is 35.2 Å². The van der Waals surface area contributed by atoms with E-state index in [4.69, 9.17) is 5.53 Å². The molecule has 2 aliphatic heterocycles. The molecule has 3 amide bonds. The molecular weight excluding hydrogens is 346 g/mol. The zero-order valence-electron chi connectivity index (χ0n) is 14.9. The van der Waals surface area contributed by atoms with Gasteiger partial charge in [0.2, 0.25) is 11.8 Å². The number of nitrogens with one attached hydrogen (secondary N) is 1. The van der Waals surface area contributed by atoms with Gasteiger partial charge in [0, 0.05) is 30.0 Å². The predicted molar refractivity (Wildman–Crippen MR) is 96.6 cm³/mol. The number of imide groups is 1. The third kappa shape index (κ3) is 3.17. The van der Waals surface area contributed by atoms with E-state index in [2.05, 4.69) is 21.4 Å². The van der Waals surface area contributed by atoms with Crippen LogP contribution in [0, 0.1) is 5.92 Å². The van der Waals surface area contributed by atoms with E-state index in [9.17, 15) is 14.4 Å². The standard InChI is InChI=1S/C19H21N5O3/c20-23-21-7-6-11-8-12(9-11)13-2-1-3-14-15(13)10-24(19(14)27)16-4-5-17(25)22-18(16)26/h1-3,11-12,16H,4-10H2,(H,22,25,26). The SMILES string of the molecule is [N-]=[N+]=NCCC1CC(c2cccc3c2CN(C2CCC(=O)NC2=O)C3=O)C1. The second-order valence-corrected chi connectivity index (χ2v) is 7.55. The van der Waals surface area contributed by atoms with E-state index in [0.717, 1.165) is 24.8 Å². The van der Waals surface area contributed by atoms with Crippen LogP contribution in [0.3, 0.4) is 0 Å². The van der Waals surface area contributed by atoms with Gasteiger partial charge in [-0.1, -0.05) is 17.2 Å². The molecule has 1 aromatic rings. The predicted octanol–water partition coefficient (Wildman–Crippen LogP) is 2.64. The lowest BCUT2D eigenvalue weighted by molar-refractivity contribution is -0.136. The van der Waals surface area contributed by atoms with Gasteiger partial charge in [-0.3, -0.25) is 19.7 Å². The molecule has 1 unspecified atom stereocenters. The van der Waals surface area contributed by atoms with Gasteiger partial charge >= 0.3 is 0 Å². The maximum absolute atomic E-state index is 12.9. The van der Waals surface area contributed by atoms with E-state index in [0.29, 0.717) is 36.9 Å². The highest BCUT2D eigenvalue weighted by Crippen LogP contribution is 2.46. The van der Waals surface area contributed by atoms with E-state index in [-0.39, 0.29) is 24.1 Å². The number of nitrogens with zero attached hydrogens (tertiary/aromatic N) is 4. The first-order valence-electron chi connectivity index (χ1n) is 9.35. The van der Waals surface area contributed by atoms with Gasteiger partial charge in [-0.25, -0.2) is 0 Å². The number of hydrogen-bond donors (Lipinski definition) is 1. The minimum atomic E-state index is -0.576. The van der Waals surface area contributed by atoms with Crippen molar-refractivity contribution >= 4 is 17.7 Å². The Hall–Kier alpha value is -2.86. The van der Waals surface area contributed by atoms with Crippen molar-refractivity contribution < 1.29 is 14.4 Å². The number of rotatable bonds is 5. The largest absolute Gasteiger partial charge is 0.322 e. The molecule has 1 saturated heterocycles. The van der Waals surface area contributed by atoms with Crippen molar-refractivity contribution in [3.63, 3.8) is 0 Å². The minimum absolute atomic E-state index is 0.124. The van der Waals surface area contributed by atoms with Gasteiger partial charge in [0.25, 0.3) is 5.91 Å². The van der Waals surface area contributed by atoms with E-state index in [1.807, 2.05) is 12.1 Å². The van der Waals surface area contributed by atoms with Crippen LogP contribution in [0.5, 0.6) is 0 Å². The van der Waals surface area contributed by atoms with Crippen LogP contribution in [0.25, 0.3) is 10.4 Å². The number of carbonyl (C=O) groups excluding carboxylic acids is 3. The molecule has 2 fully saturated rings. The zero-order valence-corrected chi connectivity index (χ0v) is 14.9. The third-order valence-corrected chi connectivity index (χ3v) is 5.99. The quantitative estimate of drug-likeness (QED) is 0.373. The first kappa shape index (κ1) is 17.5. The summed E-state index contributed by atoms with van der Waals surface area (Å²) in [5.74, 6) is 0.184. The minimum Gasteiger partial charge on any atom is -0.322 e. The Kier molecular flexibility index (Phi) is 4.58. The summed E-state index contributed by atoms with van der Waals surface area (Å²) < 4.78 is 0. The normalized spacial score (nSPS) is 26.9. The second kappa shape index (κ2) is 7.04. The summed E-state index contributed by atoms with van der Waals surface area (Å²) in [6, 6.07) is 5.24. The highest BCUT2D eigenvalue weighted by atomic mass is 16.2. The number of azide groups is 1. The van der Waals surface area contributed by atoms with E-state index in [1.54, 1.807) is 4.90 Å². The smallest absolute Gasteiger partial charge is 0.255 e. The van der Waals surface area contributed by atoms with E-state index < -0.39 is 6.04 Å². The summed E-state index contributed by atoms with van der Waals surface area (Å²) in [5.41, 5.74) is 11.3. The van der Waals surface area contributed by atoms with Crippen molar-refractivity contribution in [2.45, 2.75) is 50.6 Å². The van der Waals surface area contributed by atoms with Gasteiger partial charge < -0.3 is 4.90 Å². The average Bonchev–Trinajstić information content (AvgIpc) is 2.94. The molecule has 0 radical (unpaired) electrons. The molecule has 1 atom stereocenters. The fourth-order valence-electron chi connectivity index (χ4n) is 4.50. The molecule has 27 heavy (non-hydrogen) atoms. The number of amides is 3. The van der Waals surface area contributed by atoms with Crippen LogP contribution in [-0.2, 0) is 16.1 Å². The van der Waals surface area contributed by atoms with Crippen molar-refractivity contribution in [3.8, 4) is 0 Å². The number of fused-ring (bicyclic) bond motifs is 1. The summed E-state index contributed by atoms with van der Waals surface area (Å²) in [6.07, 6.45) is 3.61. The van der Waals surface area contributed by atoms with Gasteiger partial charge in [0.1, 0.15) is 6.04 Å². The van der Waals surface area contributed by atoms with E-state index in [1.165, 1.54) is 5.56 Å². The van der Waals surface area contributed by atoms with Crippen molar-refractivity contribution in [1.29, 1.82) is 0 Å². The molecule has 8 nitrogen and oxygen atoms in total. The lowest BCUT2D eigenvalue weighted by atomic mass is 9.69. The van der Waals surface area contributed by atoms with Crippen LogP contribution >= 0.6 is 0 Å². The van der Waals surface area contributed by atoms with Crippen LogP contribution in [0.1, 0.15) is 59.5 Å². The Morgan fingerprint density at radius 2 is 2.07 bits per heavy atom. The van der Waals surface area contributed by atoms with Crippen LogP contribution < -0.4 is 5.32 Å². The zero-order chi connectivity index (χ0) is 19.0. The maximum atomic E-state index is 12.9. The molecule has 8 heteroatoms. The monoisotopic (exact) mass is 367 g/mol. The van der Waals surface area contributed by atoms with Crippen molar-refractivity contribution in [2.24, 2.45) is 11.0 Å². The molecule has 0 aromatic heterocycles. The molecule has 0 spiro atoms. The van der Waals surface area contributed by atoms with Crippen LogP contribution in [0.15, 0.2) is 23.3 Å². The number of carbonyl (C=O) groups is 3. The van der Waals surface area contributed by atoms with Gasteiger partial charge in [0.15, 0.2) is 0 Å². The summed E-state index contributed by atoms with van der Waals surface area (Å²) in [5, 5.41) is 5.94. The molecule has 1 aromatic carbocycles. The lowest BCUT2D eigenvalue weighted by Gasteiger charge is -2.36. The molecule has 2 heterocycles. The molecule has 3 aliphatic rings. The Morgan fingerprint density at radius 3 is 2.81 bits per heavy atom. The van der Waals surface area contributed by atoms with E-state index >= 15 is 0 Å². The molecule has 0 bridgehead atoms. The Labute approximate surface area is 156 Å². The summed E-state index contributed by atoms with van der Waals surface area (Å²) in [7, 11) is 0. The van der Waals surface area contributed by atoms with Crippen molar-refractivity contribution in [3.05, 3.63) is 45.3 Å². The third-order valence-electron chi connectivity index (χ3n) is 5.99. The summed E-state index contributed by atoms with van der Waals surface area (Å²) in [6.45, 7) is 0.957. The molecule has 1 aliphatic carbocycles. The highest BCUT2D eigenvalue weighted by Gasteiger charge is 2.41. The highest BCUT2D eigenvalue weighted by molar-refractivity contribution is 6.05. The molecule has 4 rings (SSSR count). The Morgan fingerprint density at radius 1 is 1.26 bits per heavy atom. The van der Waals surface area contributed by atoms with Crippen molar-refractivity contribution in [1.82, 2.24) is 10.2 Å². The molecule has 1 N–H and O–H groups in total.